The molecule has 9 heteroatoms. The van der Waals surface area contributed by atoms with E-state index in [4.69, 9.17) is 21.1 Å². The molecule has 0 aliphatic carbocycles. The molecule has 2 unspecified atom stereocenters. The van der Waals surface area contributed by atoms with Gasteiger partial charge in [-0.25, -0.2) is 0 Å². The highest BCUT2D eigenvalue weighted by molar-refractivity contribution is 6.31. The van der Waals surface area contributed by atoms with E-state index in [0.717, 1.165) is 12.1 Å². The van der Waals surface area contributed by atoms with E-state index in [9.17, 15) is 23.1 Å². The van der Waals surface area contributed by atoms with Crippen LogP contribution in [0.15, 0.2) is 36.4 Å². The van der Waals surface area contributed by atoms with Gasteiger partial charge in [0, 0.05) is 11.6 Å². The molecular formula is C22H23ClF3NO4. The lowest BCUT2D eigenvalue weighted by molar-refractivity contribution is -0.143. The maximum Gasteiger partial charge on any atom is 0.416 e. The lowest BCUT2D eigenvalue weighted by atomic mass is 9.94. The Labute approximate surface area is 183 Å². The molecule has 1 aliphatic rings. The van der Waals surface area contributed by atoms with E-state index in [-0.39, 0.29) is 10.6 Å². The number of methoxy groups -OCH3 is 1. The lowest BCUT2D eigenvalue weighted by Crippen LogP contribution is -2.39. The summed E-state index contributed by atoms with van der Waals surface area (Å²) < 4.78 is 51.2. The Kier molecular flexibility index (Phi) is 7.01. The fraction of sp³-hybridized carbons (Fsp3) is 0.409. The van der Waals surface area contributed by atoms with Crippen LogP contribution in [0.25, 0.3) is 0 Å². The molecule has 2 aromatic rings. The summed E-state index contributed by atoms with van der Waals surface area (Å²) in [6.07, 6.45) is -3.55. The molecule has 1 saturated heterocycles. The monoisotopic (exact) mass is 457 g/mol. The van der Waals surface area contributed by atoms with Crippen LogP contribution in [-0.2, 0) is 11.0 Å². The highest BCUT2D eigenvalue weighted by Crippen LogP contribution is 2.42. The molecule has 0 bridgehead atoms. The minimum atomic E-state index is -4.56. The van der Waals surface area contributed by atoms with Gasteiger partial charge in [-0.05, 0) is 61.2 Å². The predicted octanol–water partition coefficient (Wildman–Crippen LogP) is 5.40. The summed E-state index contributed by atoms with van der Waals surface area (Å²) in [4.78, 5) is 13.5. The fourth-order valence-corrected chi connectivity index (χ4v) is 4.19. The fourth-order valence-electron chi connectivity index (χ4n) is 3.97. The third-order valence-electron chi connectivity index (χ3n) is 5.33. The first-order chi connectivity index (χ1) is 14.7. The van der Waals surface area contributed by atoms with E-state index < -0.39 is 29.8 Å². The zero-order valence-corrected chi connectivity index (χ0v) is 17.8. The summed E-state index contributed by atoms with van der Waals surface area (Å²) in [5, 5.41) is 9.82. The van der Waals surface area contributed by atoms with Gasteiger partial charge in [-0.1, -0.05) is 17.7 Å². The Bertz CT molecular complexity index is 951. The maximum atomic E-state index is 13.4. The molecular weight excluding hydrogens is 435 g/mol. The first-order valence-corrected chi connectivity index (χ1v) is 10.2. The Morgan fingerprint density at radius 2 is 2.00 bits per heavy atom. The molecule has 0 aromatic heterocycles. The molecule has 1 N–H and O–H groups in total. The second kappa shape index (κ2) is 9.36. The third-order valence-corrected chi connectivity index (χ3v) is 5.68. The van der Waals surface area contributed by atoms with Crippen molar-refractivity contribution >= 4 is 17.6 Å². The number of carboxylic acids is 1. The van der Waals surface area contributed by atoms with Gasteiger partial charge in [-0.15, -0.1) is 0 Å². The molecule has 0 amide bonds. The van der Waals surface area contributed by atoms with Crippen LogP contribution in [0.3, 0.4) is 0 Å². The van der Waals surface area contributed by atoms with Gasteiger partial charge in [0.25, 0.3) is 0 Å². The van der Waals surface area contributed by atoms with E-state index >= 15 is 0 Å². The quantitative estimate of drug-likeness (QED) is 0.603. The van der Waals surface area contributed by atoms with Crippen molar-refractivity contribution in [2.24, 2.45) is 0 Å². The number of halogens is 4. The Morgan fingerprint density at radius 3 is 2.61 bits per heavy atom. The number of nitrogens with zero attached hydrogens (tertiary/aromatic N) is 1. The topological polar surface area (TPSA) is 59.0 Å². The van der Waals surface area contributed by atoms with Gasteiger partial charge in [-0.3, -0.25) is 9.69 Å². The SMILES string of the molecule is CCOc1ccc(C(c2cc(C(F)(F)F)ccc2Cl)N2CCCC2C(=O)O)cc1OC. The number of hydrogen-bond donors (Lipinski definition) is 1. The summed E-state index contributed by atoms with van der Waals surface area (Å²) >= 11 is 6.35. The number of likely N-dealkylation sites (tertiary alicyclic amines) is 1. The van der Waals surface area contributed by atoms with Gasteiger partial charge in [0.15, 0.2) is 11.5 Å². The van der Waals surface area contributed by atoms with Crippen LogP contribution in [0.4, 0.5) is 13.2 Å². The first kappa shape index (κ1) is 23.2. The molecule has 5 nitrogen and oxygen atoms in total. The molecule has 0 radical (unpaired) electrons. The zero-order chi connectivity index (χ0) is 22.8. The van der Waals surface area contributed by atoms with Crippen molar-refractivity contribution in [2.45, 2.75) is 38.0 Å². The largest absolute Gasteiger partial charge is 0.493 e. The summed E-state index contributed by atoms with van der Waals surface area (Å²) in [6, 6.07) is 6.49. The number of ether oxygens (including phenoxy) is 2. The van der Waals surface area contributed by atoms with Crippen LogP contribution >= 0.6 is 11.6 Å². The van der Waals surface area contributed by atoms with Crippen LogP contribution in [-0.4, -0.2) is 42.3 Å². The van der Waals surface area contributed by atoms with Crippen LogP contribution in [0, 0.1) is 0 Å². The Morgan fingerprint density at radius 1 is 1.26 bits per heavy atom. The number of alkyl halides is 3. The minimum absolute atomic E-state index is 0.127. The van der Waals surface area contributed by atoms with E-state index in [1.54, 1.807) is 23.1 Å². The molecule has 168 valence electrons. The predicted molar refractivity (Wildman–Crippen MR) is 110 cm³/mol. The minimum Gasteiger partial charge on any atom is -0.493 e. The third kappa shape index (κ3) is 4.91. The summed E-state index contributed by atoms with van der Waals surface area (Å²) in [6.45, 7) is 2.63. The molecule has 31 heavy (non-hydrogen) atoms. The number of rotatable bonds is 7. The van der Waals surface area contributed by atoms with Gasteiger partial charge in [-0.2, -0.15) is 13.2 Å². The average Bonchev–Trinajstić information content (AvgIpc) is 3.19. The van der Waals surface area contributed by atoms with Crippen molar-refractivity contribution in [1.29, 1.82) is 0 Å². The van der Waals surface area contributed by atoms with Crippen molar-refractivity contribution in [3.8, 4) is 11.5 Å². The van der Waals surface area contributed by atoms with Crippen LogP contribution in [0.1, 0.15) is 42.5 Å². The van der Waals surface area contributed by atoms with Crippen LogP contribution in [0.5, 0.6) is 11.5 Å². The van der Waals surface area contributed by atoms with Crippen molar-refractivity contribution in [3.63, 3.8) is 0 Å². The number of aliphatic carboxylic acids is 1. The Balaban J connectivity index is 2.19. The van der Waals surface area contributed by atoms with Crippen molar-refractivity contribution in [2.75, 3.05) is 20.3 Å². The summed E-state index contributed by atoms with van der Waals surface area (Å²) in [5.74, 6) is -0.138. The molecule has 1 fully saturated rings. The standard InChI is InChI=1S/C22H23ClF3NO4/c1-3-31-18-9-6-13(11-19(18)30-2)20(27-10-4-5-17(27)21(28)29)15-12-14(22(24,25)26)7-8-16(15)23/h6-9,11-12,17,20H,3-5,10H2,1-2H3,(H,28,29). The van der Waals surface area contributed by atoms with Crippen molar-refractivity contribution in [3.05, 3.63) is 58.1 Å². The molecule has 2 atom stereocenters. The lowest BCUT2D eigenvalue weighted by Gasteiger charge is -2.33. The highest BCUT2D eigenvalue weighted by Gasteiger charge is 2.39. The summed E-state index contributed by atoms with van der Waals surface area (Å²) in [7, 11) is 1.46. The highest BCUT2D eigenvalue weighted by atomic mass is 35.5. The van der Waals surface area contributed by atoms with E-state index in [2.05, 4.69) is 0 Å². The number of carboxylic acid groups (broad SMARTS) is 1. The number of carbonyl (C=O) groups is 1. The molecule has 1 aliphatic heterocycles. The Hall–Kier alpha value is -2.45. The maximum absolute atomic E-state index is 13.4. The normalized spacial score (nSPS) is 18.1. The molecule has 0 saturated carbocycles. The number of benzene rings is 2. The van der Waals surface area contributed by atoms with Crippen molar-refractivity contribution in [1.82, 2.24) is 4.90 Å². The van der Waals surface area contributed by atoms with Gasteiger partial charge < -0.3 is 14.6 Å². The molecule has 0 spiro atoms. The van der Waals surface area contributed by atoms with E-state index in [0.29, 0.717) is 43.1 Å². The van der Waals surface area contributed by atoms with Gasteiger partial charge in [0.05, 0.1) is 25.3 Å². The second-order valence-electron chi connectivity index (χ2n) is 7.21. The van der Waals surface area contributed by atoms with E-state index in [1.807, 2.05) is 6.92 Å². The van der Waals surface area contributed by atoms with Crippen LogP contribution in [0.2, 0.25) is 5.02 Å². The molecule has 2 aromatic carbocycles. The van der Waals surface area contributed by atoms with Gasteiger partial charge >= 0.3 is 12.1 Å². The molecule has 3 rings (SSSR count). The summed E-state index contributed by atoms with van der Waals surface area (Å²) in [5.41, 5.74) is -0.0913. The van der Waals surface area contributed by atoms with Gasteiger partial charge in [0.2, 0.25) is 0 Å². The molecule has 1 heterocycles. The number of hydrogen-bond acceptors (Lipinski definition) is 4. The van der Waals surface area contributed by atoms with Crippen molar-refractivity contribution < 1.29 is 32.5 Å². The smallest absolute Gasteiger partial charge is 0.416 e. The van der Waals surface area contributed by atoms with Crippen LogP contribution < -0.4 is 9.47 Å². The van der Waals surface area contributed by atoms with Gasteiger partial charge in [0.1, 0.15) is 6.04 Å². The van der Waals surface area contributed by atoms with E-state index in [1.165, 1.54) is 13.2 Å². The second-order valence-corrected chi connectivity index (χ2v) is 7.62. The average molecular weight is 458 g/mol. The first-order valence-electron chi connectivity index (χ1n) is 9.83. The zero-order valence-electron chi connectivity index (χ0n) is 17.1.